The molecule has 0 aliphatic carbocycles. The summed E-state index contributed by atoms with van der Waals surface area (Å²) in [6.45, 7) is 5.44. The number of hydrogen-bond acceptors (Lipinski definition) is 7. The summed E-state index contributed by atoms with van der Waals surface area (Å²) in [5, 5.41) is 13.8. The molecule has 32 heavy (non-hydrogen) atoms. The largest absolute Gasteiger partial charge is 0.326 e. The third kappa shape index (κ3) is 5.01. The monoisotopic (exact) mass is 455 g/mol. The van der Waals surface area contributed by atoms with Gasteiger partial charge in [0.05, 0.1) is 17.0 Å². The molecule has 1 aliphatic heterocycles. The highest BCUT2D eigenvalue weighted by atomic mass is 32.2. The van der Waals surface area contributed by atoms with Crippen LogP contribution in [0.15, 0.2) is 59.8 Å². The first kappa shape index (κ1) is 22.1. The highest BCUT2D eigenvalue weighted by molar-refractivity contribution is 7.89. The van der Waals surface area contributed by atoms with Crippen LogP contribution in [0.2, 0.25) is 0 Å². The van der Waals surface area contributed by atoms with Crippen LogP contribution in [0.25, 0.3) is 5.69 Å². The molecule has 1 N–H and O–H groups in total. The van der Waals surface area contributed by atoms with Crippen molar-refractivity contribution in [1.82, 2.24) is 29.4 Å². The topological polar surface area (TPSA) is 113 Å². The maximum atomic E-state index is 12.9. The van der Waals surface area contributed by atoms with Gasteiger partial charge < -0.3 is 10.2 Å². The third-order valence-electron chi connectivity index (χ3n) is 5.47. The zero-order chi connectivity index (χ0) is 22.6. The van der Waals surface area contributed by atoms with E-state index in [9.17, 15) is 13.2 Å². The lowest BCUT2D eigenvalue weighted by molar-refractivity contribution is -0.115. The standard InChI is InChI=1S/C21H25N7O3S/c1-2-26-11-13-27(14-12-26)32(30,31)20-9-5-18(6-10-20)23-21(29)15-17-3-7-19(8-4-17)28-16-22-24-25-28/h3-10,16H,2,11-15H2,1H3,(H,23,29). The zero-order valence-electron chi connectivity index (χ0n) is 17.8. The summed E-state index contributed by atoms with van der Waals surface area (Å²) in [5.74, 6) is -0.188. The summed E-state index contributed by atoms with van der Waals surface area (Å²) < 4.78 is 28.8. The van der Waals surface area contributed by atoms with E-state index in [2.05, 4.69) is 32.7 Å². The van der Waals surface area contributed by atoms with E-state index in [4.69, 9.17) is 0 Å². The zero-order valence-corrected chi connectivity index (χ0v) is 18.6. The number of sulfonamides is 1. The number of rotatable bonds is 7. The number of aromatic nitrogens is 4. The van der Waals surface area contributed by atoms with Gasteiger partial charge in [0.15, 0.2) is 0 Å². The van der Waals surface area contributed by atoms with Crippen LogP contribution < -0.4 is 5.32 Å². The van der Waals surface area contributed by atoms with Gasteiger partial charge in [0.2, 0.25) is 15.9 Å². The number of nitrogens with one attached hydrogen (secondary N) is 1. The van der Waals surface area contributed by atoms with E-state index in [1.165, 1.54) is 27.4 Å². The molecule has 2 aromatic carbocycles. The lowest BCUT2D eigenvalue weighted by Crippen LogP contribution is -2.48. The van der Waals surface area contributed by atoms with Crippen molar-refractivity contribution in [3.05, 3.63) is 60.4 Å². The van der Waals surface area contributed by atoms with Crippen molar-refractivity contribution in [1.29, 1.82) is 0 Å². The molecular weight excluding hydrogens is 430 g/mol. The molecule has 1 fully saturated rings. The van der Waals surface area contributed by atoms with Gasteiger partial charge in [-0.05, 0) is 58.9 Å². The molecule has 0 atom stereocenters. The van der Waals surface area contributed by atoms with Crippen LogP contribution >= 0.6 is 0 Å². The van der Waals surface area contributed by atoms with E-state index in [0.29, 0.717) is 18.8 Å². The van der Waals surface area contributed by atoms with Gasteiger partial charge in [-0.1, -0.05) is 19.1 Å². The normalized spacial score (nSPS) is 15.5. The van der Waals surface area contributed by atoms with Crippen LogP contribution in [-0.4, -0.2) is 76.5 Å². The van der Waals surface area contributed by atoms with Crippen molar-refractivity contribution in [2.24, 2.45) is 0 Å². The number of tetrazole rings is 1. The number of carbonyl (C=O) groups is 1. The van der Waals surface area contributed by atoms with E-state index >= 15 is 0 Å². The van der Waals surface area contributed by atoms with E-state index < -0.39 is 10.0 Å². The minimum Gasteiger partial charge on any atom is -0.326 e. The highest BCUT2D eigenvalue weighted by Crippen LogP contribution is 2.20. The number of nitrogens with zero attached hydrogens (tertiary/aromatic N) is 6. The number of piperazine rings is 1. The molecule has 1 amide bonds. The molecule has 4 rings (SSSR count). The molecule has 0 unspecified atom stereocenters. The number of likely N-dealkylation sites (N-methyl/N-ethyl adjacent to an activating group) is 1. The molecule has 168 valence electrons. The Labute approximate surface area is 186 Å². The van der Waals surface area contributed by atoms with E-state index in [-0.39, 0.29) is 17.2 Å². The molecule has 1 saturated heterocycles. The Morgan fingerprint density at radius 2 is 1.69 bits per heavy atom. The van der Waals surface area contributed by atoms with Gasteiger partial charge in [-0.25, -0.2) is 13.1 Å². The fraction of sp³-hybridized carbons (Fsp3) is 0.333. The molecule has 0 spiro atoms. The van der Waals surface area contributed by atoms with Crippen molar-refractivity contribution in [2.75, 3.05) is 38.0 Å². The van der Waals surface area contributed by atoms with E-state index in [1.807, 2.05) is 24.3 Å². The lowest BCUT2D eigenvalue weighted by atomic mass is 10.1. The summed E-state index contributed by atoms with van der Waals surface area (Å²) in [6, 6.07) is 13.7. The molecule has 0 bridgehead atoms. The molecule has 2 heterocycles. The second kappa shape index (κ2) is 9.55. The Bertz CT molecular complexity index is 1140. The van der Waals surface area contributed by atoms with Crippen LogP contribution in [0.5, 0.6) is 0 Å². The number of carbonyl (C=O) groups excluding carboxylic acids is 1. The summed E-state index contributed by atoms with van der Waals surface area (Å²) >= 11 is 0. The van der Waals surface area contributed by atoms with Crippen LogP contribution in [0.3, 0.4) is 0 Å². The Morgan fingerprint density at radius 3 is 2.28 bits per heavy atom. The maximum Gasteiger partial charge on any atom is 0.243 e. The molecule has 10 nitrogen and oxygen atoms in total. The predicted octanol–water partition coefficient (Wildman–Crippen LogP) is 1.17. The van der Waals surface area contributed by atoms with Crippen molar-refractivity contribution in [2.45, 2.75) is 18.2 Å². The average Bonchev–Trinajstić information content (AvgIpc) is 3.35. The molecule has 1 aromatic heterocycles. The van der Waals surface area contributed by atoms with Crippen molar-refractivity contribution in [3.63, 3.8) is 0 Å². The van der Waals surface area contributed by atoms with E-state index in [1.54, 1.807) is 12.1 Å². The first-order chi connectivity index (χ1) is 15.5. The molecule has 0 radical (unpaired) electrons. The smallest absolute Gasteiger partial charge is 0.243 e. The molecule has 3 aromatic rings. The van der Waals surface area contributed by atoms with Crippen LogP contribution in [0.1, 0.15) is 12.5 Å². The second-order valence-corrected chi connectivity index (χ2v) is 9.45. The second-order valence-electron chi connectivity index (χ2n) is 7.51. The summed E-state index contributed by atoms with van der Waals surface area (Å²) in [4.78, 5) is 14.9. The number of benzene rings is 2. The van der Waals surface area contributed by atoms with Crippen LogP contribution in [0.4, 0.5) is 5.69 Å². The van der Waals surface area contributed by atoms with Crippen molar-refractivity contribution < 1.29 is 13.2 Å². The minimum absolute atomic E-state index is 0.188. The van der Waals surface area contributed by atoms with Crippen LogP contribution in [-0.2, 0) is 21.2 Å². The first-order valence-electron chi connectivity index (χ1n) is 10.4. The van der Waals surface area contributed by atoms with Gasteiger partial charge >= 0.3 is 0 Å². The van der Waals surface area contributed by atoms with Crippen LogP contribution in [0, 0.1) is 0 Å². The number of anilines is 1. The maximum absolute atomic E-state index is 12.9. The quantitative estimate of drug-likeness (QED) is 0.569. The van der Waals surface area contributed by atoms with Gasteiger partial charge in [0, 0.05) is 31.9 Å². The molecule has 0 saturated carbocycles. The Hall–Kier alpha value is -3.15. The highest BCUT2D eigenvalue weighted by Gasteiger charge is 2.27. The number of hydrogen-bond donors (Lipinski definition) is 1. The SMILES string of the molecule is CCN1CCN(S(=O)(=O)c2ccc(NC(=O)Cc3ccc(-n4cnnn4)cc3)cc2)CC1. The fourth-order valence-corrected chi connectivity index (χ4v) is 5.00. The van der Waals surface area contributed by atoms with Gasteiger partial charge in [0.25, 0.3) is 0 Å². The first-order valence-corrected chi connectivity index (χ1v) is 11.8. The fourth-order valence-electron chi connectivity index (χ4n) is 3.58. The average molecular weight is 456 g/mol. The number of amides is 1. The lowest BCUT2D eigenvalue weighted by Gasteiger charge is -2.33. The summed E-state index contributed by atoms with van der Waals surface area (Å²) in [7, 11) is -3.53. The van der Waals surface area contributed by atoms with Gasteiger partial charge in [-0.3, -0.25) is 4.79 Å². The molecule has 11 heteroatoms. The third-order valence-corrected chi connectivity index (χ3v) is 7.38. The minimum atomic E-state index is -3.53. The van der Waals surface area contributed by atoms with Gasteiger partial charge in [0.1, 0.15) is 6.33 Å². The van der Waals surface area contributed by atoms with Gasteiger partial charge in [-0.15, -0.1) is 5.10 Å². The van der Waals surface area contributed by atoms with Crippen molar-refractivity contribution in [3.8, 4) is 5.69 Å². The molecule has 1 aliphatic rings. The summed E-state index contributed by atoms with van der Waals surface area (Å²) in [6.07, 6.45) is 1.69. The Balaban J connectivity index is 1.34. The van der Waals surface area contributed by atoms with Gasteiger partial charge in [-0.2, -0.15) is 4.31 Å². The van der Waals surface area contributed by atoms with Crippen molar-refractivity contribution >= 4 is 21.6 Å². The Kier molecular flexibility index (Phi) is 6.58. The summed E-state index contributed by atoms with van der Waals surface area (Å²) in [5.41, 5.74) is 2.19. The Morgan fingerprint density at radius 1 is 1.00 bits per heavy atom. The van der Waals surface area contributed by atoms with E-state index in [0.717, 1.165) is 30.9 Å². The molecular formula is C21H25N7O3S. The predicted molar refractivity (Wildman–Crippen MR) is 119 cm³/mol.